The first-order valence-electron chi connectivity index (χ1n) is 6.20. The first kappa shape index (κ1) is 11.9. The lowest BCUT2D eigenvalue weighted by atomic mass is 9.78. The summed E-state index contributed by atoms with van der Waals surface area (Å²) in [6.07, 6.45) is 3.23. The minimum atomic E-state index is -0.323. The Morgan fingerprint density at radius 2 is 2.19 bits per heavy atom. The van der Waals surface area contributed by atoms with Crippen LogP contribution in [0.1, 0.15) is 26.2 Å². The van der Waals surface area contributed by atoms with Crippen molar-refractivity contribution in [2.45, 2.75) is 38.3 Å². The van der Waals surface area contributed by atoms with E-state index in [1.807, 2.05) is 11.8 Å². The normalized spacial score (nSPS) is 35.9. The average molecular weight is 226 g/mol. The molecule has 0 radical (unpaired) electrons. The van der Waals surface area contributed by atoms with Gasteiger partial charge in [0, 0.05) is 26.2 Å². The number of hydrogen-bond acceptors (Lipinski definition) is 3. The smallest absolute Gasteiger partial charge is 0.251 e. The summed E-state index contributed by atoms with van der Waals surface area (Å²) in [5.74, 6) is 1.25. The second-order valence-electron chi connectivity index (χ2n) is 5.14. The monoisotopic (exact) mass is 226 g/mol. The zero-order valence-corrected chi connectivity index (χ0v) is 10.2. The van der Waals surface area contributed by atoms with Crippen LogP contribution >= 0.6 is 0 Å². The van der Waals surface area contributed by atoms with E-state index in [1.54, 1.807) is 7.11 Å². The molecule has 1 saturated carbocycles. The van der Waals surface area contributed by atoms with Gasteiger partial charge in [-0.2, -0.15) is 0 Å². The highest BCUT2D eigenvalue weighted by atomic mass is 16.5. The van der Waals surface area contributed by atoms with Gasteiger partial charge in [-0.15, -0.1) is 0 Å². The van der Waals surface area contributed by atoms with E-state index in [0.717, 1.165) is 19.5 Å². The summed E-state index contributed by atoms with van der Waals surface area (Å²) in [5, 5.41) is 0. The van der Waals surface area contributed by atoms with E-state index in [0.29, 0.717) is 11.8 Å². The van der Waals surface area contributed by atoms with Crippen LogP contribution in [0.5, 0.6) is 0 Å². The number of nitrogens with zero attached hydrogens (tertiary/aromatic N) is 1. The fourth-order valence-electron chi connectivity index (χ4n) is 3.05. The van der Waals surface area contributed by atoms with E-state index in [2.05, 4.69) is 0 Å². The highest BCUT2D eigenvalue weighted by Gasteiger charge is 2.41. The number of amides is 1. The summed E-state index contributed by atoms with van der Waals surface area (Å²) >= 11 is 0. The van der Waals surface area contributed by atoms with Crippen molar-refractivity contribution in [1.82, 2.24) is 4.90 Å². The zero-order chi connectivity index (χ0) is 11.7. The largest absolute Gasteiger partial charge is 0.372 e. The van der Waals surface area contributed by atoms with Gasteiger partial charge >= 0.3 is 0 Å². The molecule has 16 heavy (non-hydrogen) atoms. The van der Waals surface area contributed by atoms with E-state index in [-0.39, 0.29) is 18.1 Å². The molecular formula is C12H22N2O2. The molecule has 2 rings (SSSR count). The van der Waals surface area contributed by atoms with Crippen molar-refractivity contribution in [3.8, 4) is 0 Å². The first-order chi connectivity index (χ1) is 7.63. The van der Waals surface area contributed by atoms with Gasteiger partial charge in [-0.05, 0) is 31.6 Å². The summed E-state index contributed by atoms with van der Waals surface area (Å²) in [4.78, 5) is 13.9. The Morgan fingerprint density at radius 1 is 1.44 bits per heavy atom. The quantitative estimate of drug-likeness (QED) is 0.750. The van der Waals surface area contributed by atoms with Crippen molar-refractivity contribution in [3.05, 3.63) is 0 Å². The average Bonchev–Trinajstić information content (AvgIpc) is 2.72. The molecule has 92 valence electrons. The molecule has 2 N–H and O–H groups in total. The number of carbonyl (C=O) groups is 1. The Balaban J connectivity index is 1.98. The Bertz CT molecular complexity index is 270. The standard InChI is InChI=1S/C12H22N2O2/c1-8(16-2)12(15)14-6-9-4-3-5-11(13)10(9)7-14/h8-11H,3-7,13H2,1-2H3. The topological polar surface area (TPSA) is 55.6 Å². The fraction of sp³-hybridized carbons (Fsp3) is 0.917. The molecule has 0 bridgehead atoms. The van der Waals surface area contributed by atoms with E-state index in [9.17, 15) is 4.79 Å². The zero-order valence-electron chi connectivity index (χ0n) is 10.2. The van der Waals surface area contributed by atoms with Gasteiger partial charge in [0.15, 0.2) is 0 Å². The number of likely N-dealkylation sites (tertiary alicyclic amines) is 1. The van der Waals surface area contributed by atoms with Gasteiger partial charge in [-0.3, -0.25) is 4.79 Å². The summed E-state index contributed by atoms with van der Waals surface area (Å²) in [6, 6.07) is 0.286. The van der Waals surface area contributed by atoms with Crippen LogP contribution in [0.4, 0.5) is 0 Å². The number of fused-ring (bicyclic) bond motifs is 1. The van der Waals surface area contributed by atoms with Crippen LogP contribution in [0.2, 0.25) is 0 Å². The molecular weight excluding hydrogens is 204 g/mol. The molecule has 0 aromatic heterocycles. The highest BCUT2D eigenvalue weighted by molar-refractivity contribution is 5.80. The first-order valence-corrected chi connectivity index (χ1v) is 6.20. The minimum absolute atomic E-state index is 0.115. The number of methoxy groups -OCH3 is 1. The summed E-state index contributed by atoms with van der Waals surface area (Å²) < 4.78 is 5.08. The summed E-state index contributed by atoms with van der Waals surface area (Å²) in [6.45, 7) is 3.52. The number of carbonyl (C=O) groups excluding carboxylic acids is 1. The van der Waals surface area contributed by atoms with Crippen molar-refractivity contribution in [1.29, 1.82) is 0 Å². The number of ether oxygens (including phenoxy) is 1. The molecule has 4 atom stereocenters. The number of hydrogen-bond donors (Lipinski definition) is 1. The third-order valence-electron chi connectivity index (χ3n) is 4.17. The SMILES string of the molecule is COC(C)C(=O)N1CC2CCCC(N)C2C1. The van der Waals surface area contributed by atoms with Crippen molar-refractivity contribution in [2.24, 2.45) is 17.6 Å². The Kier molecular flexibility index (Phi) is 3.50. The molecule has 2 fully saturated rings. The molecule has 4 unspecified atom stereocenters. The fourth-order valence-corrected chi connectivity index (χ4v) is 3.05. The maximum atomic E-state index is 12.0. The lowest BCUT2D eigenvalue weighted by Crippen LogP contribution is -2.40. The van der Waals surface area contributed by atoms with Crippen LogP contribution in [0.15, 0.2) is 0 Å². The van der Waals surface area contributed by atoms with Gasteiger partial charge in [-0.25, -0.2) is 0 Å². The number of rotatable bonds is 2. The van der Waals surface area contributed by atoms with E-state index in [1.165, 1.54) is 12.8 Å². The van der Waals surface area contributed by atoms with Crippen LogP contribution in [0.25, 0.3) is 0 Å². The number of nitrogens with two attached hydrogens (primary N) is 1. The van der Waals surface area contributed by atoms with E-state index >= 15 is 0 Å². The Morgan fingerprint density at radius 3 is 2.81 bits per heavy atom. The predicted octanol–water partition coefficient (Wildman–Crippen LogP) is 0.607. The maximum Gasteiger partial charge on any atom is 0.251 e. The summed E-state index contributed by atoms with van der Waals surface area (Å²) in [5.41, 5.74) is 6.12. The van der Waals surface area contributed by atoms with Gasteiger partial charge in [0.2, 0.25) is 0 Å². The van der Waals surface area contributed by atoms with E-state index < -0.39 is 0 Å². The lowest BCUT2D eigenvalue weighted by molar-refractivity contribution is -0.140. The van der Waals surface area contributed by atoms with Crippen LogP contribution in [-0.2, 0) is 9.53 Å². The van der Waals surface area contributed by atoms with Gasteiger partial charge < -0.3 is 15.4 Å². The van der Waals surface area contributed by atoms with Gasteiger partial charge in [0.1, 0.15) is 6.10 Å². The second kappa shape index (κ2) is 4.72. The van der Waals surface area contributed by atoms with Crippen molar-refractivity contribution in [2.75, 3.05) is 20.2 Å². The molecule has 1 aliphatic carbocycles. The van der Waals surface area contributed by atoms with Crippen LogP contribution in [-0.4, -0.2) is 43.2 Å². The van der Waals surface area contributed by atoms with E-state index in [4.69, 9.17) is 10.5 Å². The lowest BCUT2D eigenvalue weighted by Gasteiger charge is -2.29. The Hall–Kier alpha value is -0.610. The van der Waals surface area contributed by atoms with Crippen molar-refractivity contribution >= 4 is 5.91 Å². The molecule has 0 aromatic rings. The molecule has 4 heteroatoms. The van der Waals surface area contributed by atoms with Gasteiger partial charge in [-0.1, -0.05) is 6.42 Å². The maximum absolute atomic E-state index is 12.0. The molecule has 1 amide bonds. The molecule has 0 spiro atoms. The van der Waals surface area contributed by atoms with Crippen molar-refractivity contribution in [3.63, 3.8) is 0 Å². The molecule has 2 aliphatic rings. The molecule has 4 nitrogen and oxygen atoms in total. The van der Waals surface area contributed by atoms with Crippen LogP contribution in [0.3, 0.4) is 0 Å². The Labute approximate surface area is 97.1 Å². The third kappa shape index (κ3) is 2.09. The third-order valence-corrected chi connectivity index (χ3v) is 4.17. The summed E-state index contributed by atoms with van der Waals surface area (Å²) in [7, 11) is 1.58. The minimum Gasteiger partial charge on any atom is -0.372 e. The van der Waals surface area contributed by atoms with Crippen LogP contribution in [0, 0.1) is 11.8 Å². The highest BCUT2D eigenvalue weighted by Crippen LogP contribution is 2.35. The molecule has 1 aliphatic heterocycles. The molecule has 0 aromatic carbocycles. The van der Waals surface area contributed by atoms with Crippen molar-refractivity contribution < 1.29 is 9.53 Å². The van der Waals surface area contributed by atoms with Gasteiger partial charge in [0.05, 0.1) is 0 Å². The molecule has 1 heterocycles. The molecule has 1 saturated heterocycles. The van der Waals surface area contributed by atoms with Gasteiger partial charge in [0.25, 0.3) is 5.91 Å². The second-order valence-corrected chi connectivity index (χ2v) is 5.14. The predicted molar refractivity (Wildman–Crippen MR) is 61.9 cm³/mol. The van der Waals surface area contributed by atoms with Crippen LogP contribution < -0.4 is 5.73 Å².